The summed E-state index contributed by atoms with van der Waals surface area (Å²) in [5.74, 6) is 1.21. The first kappa shape index (κ1) is 14.9. The van der Waals surface area contributed by atoms with Crippen molar-refractivity contribution in [1.29, 1.82) is 0 Å². The van der Waals surface area contributed by atoms with Gasteiger partial charge in [-0.15, -0.1) is 0 Å². The smallest absolute Gasteiger partial charge is 0.246 e. The van der Waals surface area contributed by atoms with E-state index in [-0.39, 0.29) is 0 Å². The first-order valence-electron chi connectivity index (χ1n) is 8.04. The fourth-order valence-corrected chi connectivity index (χ4v) is 3.42. The van der Waals surface area contributed by atoms with Gasteiger partial charge < -0.3 is 19.7 Å². The van der Waals surface area contributed by atoms with E-state index in [1.807, 2.05) is 6.92 Å². The summed E-state index contributed by atoms with van der Waals surface area (Å²) in [6.07, 6.45) is 6.84. The van der Waals surface area contributed by atoms with Gasteiger partial charge in [0.2, 0.25) is 11.7 Å². The van der Waals surface area contributed by atoms with Crippen molar-refractivity contribution in [1.82, 2.24) is 10.1 Å². The van der Waals surface area contributed by atoms with Crippen LogP contribution in [0, 0.1) is 0 Å². The molecule has 2 aliphatic rings. The fourth-order valence-electron chi connectivity index (χ4n) is 3.42. The quantitative estimate of drug-likeness (QED) is 0.917. The first-order valence-corrected chi connectivity index (χ1v) is 8.04. The second kappa shape index (κ2) is 6.02. The second-order valence-electron chi connectivity index (χ2n) is 6.18. The number of ether oxygens (including phenoxy) is 2. The minimum absolute atomic E-state index is 0.456. The van der Waals surface area contributed by atoms with Crippen LogP contribution in [0.2, 0.25) is 0 Å². The summed E-state index contributed by atoms with van der Waals surface area (Å²) in [5, 5.41) is 4.20. The average Bonchev–Trinajstić information content (AvgIpc) is 3.01. The molecule has 3 rings (SSSR count). The molecule has 0 aromatic carbocycles. The van der Waals surface area contributed by atoms with Crippen molar-refractivity contribution in [2.75, 3.05) is 19.8 Å². The van der Waals surface area contributed by atoms with Gasteiger partial charge in [0.1, 0.15) is 5.60 Å². The van der Waals surface area contributed by atoms with Crippen LogP contribution in [0.25, 0.3) is 0 Å². The number of nitrogens with two attached hydrogens (primary N) is 1. The molecule has 6 heteroatoms. The normalized spacial score (nSPS) is 24.9. The average molecular weight is 295 g/mol. The third kappa shape index (κ3) is 2.84. The zero-order valence-corrected chi connectivity index (χ0v) is 12.8. The van der Waals surface area contributed by atoms with Crippen molar-refractivity contribution in [2.24, 2.45) is 5.73 Å². The molecule has 0 spiro atoms. The number of aromatic nitrogens is 2. The van der Waals surface area contributed by atoms with E-state index < -0.39 is 11.1 Å². The topological polar surface area (TPSA) is 83.4 Å². The van der Waals surface area contributed by atoms with Crippen LogP contribution in [0.3, 0.4) is 0 Å². The Kier molecular flexibility index (Phi) is 4.28. The Morgan fingerprint density at radius 3 is 2.52 bits per heavy atom. The molecule has 0 bridgehead atoms. The Bertz CT molecular complexity index is 457. The minimum Gasteiger partial charge on any atom is -0.381 e. The standard InChI is InChI=1S/C15H25N3O3/c1-2-20-15(8-10-19-11-9-15)12-17-13(21-18-12)14(16)6-4-3-5-7-14/h2-11,16H2,1H3. The third-order valence-corrected chi connectivity index (χ3v) is 4.73. The Morgan fingerprint density at radius 2 is 1.86 bits per heavy atom. The molecule has 1 saturated carbocycles. The number of rotatable bonds is 4. The van der Waals surface area contributed by atoms with Crippen LogP contribution < -0.4 is 5.73 Å². The Morgan fingerprint density at radius 1 is 1.14 bits per heavy atom. The summed E-state index contributed by atoms with van der Waals surface area (Å²) in [6.45, 7) is 3.94. The summed E-state index contributed by atoms with van der Waals surface area (Å²) in [7, 11) is 0. The lowest BCUT2D eigenvalue weighted by atomic mass is 9.82. The Labute approximate surface area is 125 Å². The van der Waals surface area contributed by atoms with E-state index in [1.54, 1.807) is 0 Å². The minimum atomic E-state index is -0.472. The van der Waals surface area contributed by atoms with Gasteiger partial charge in [-0.05, 0) is 19.8 Å². The predicted octanol–water partition coefficient (Wildman–Crippen LogP) is 2.23. The monoisotopic (exact) mass is 295 g/mol. The summed E-state index contributed by atoms with van der Waals surface area (Å²) < 4.78 is 17.0. The number of hydrogen-bond donors (Lipinski definition) is 1. The van der Waals surface area contributed by atoms with Crippen molar-refractivity contribution >= 4 is 0 Å². The summed E-state index contributed by atoms with van der Waals surface area (Å²) >= 11 is 0. The van der Waals surface area contributed by atoms with Gasteiger partial charge in [0.15, 0.2) is 0 Å². The van der Waals surface area contributed by atoms with Gasteiger partial charge in [-0.1, -0.05) is 24.4 Å². The zero-order valence-electron chi connectivity index (χ0n) is 12.8. The number of hydrogen-bond acceptors (Lipinski definition) is 6. The fraction of sp³-hybridized carbons (Fsp3) is 0.867. The highest BCUT2D eigenvalue weighted by Gasteiger charge is 2.42. The highest BCUT2D eigenvalue weighted by molar-refractivity contribution is 5.09. The highest BCUT2D eigenvalue weighted by atomic mass is 16.5. The zero-order chi connectivity index (χ0) is 14.8. The van der Waals surface area contributed by atoms with Gasteiger partial charge in [0.05, 0.1) is 5.54 Å². The Hall–Kier alpha value is -0.980. The van der Waals surface area contributed by atoms with Gasteiger partial charge in [-0.25, -0.2) is 0 Å². The molecule has 6 nitrogen and oxygen atoms in total. The molecule has 1 aromatic heterocycles. The van der Waals surface area contributed by atoms with Gasteiger partial charge in [-0.2, -0.15) is 4.98 Å². The maximum atomic E-state index is 6.48. The van der Waals surface area contributed by atoms with E-state index in [1.165, 1.54) is 6.42 Å². The van der Waals surface area contributed by atoms with E-state index in [2.05, 4.69) is 10.1 Å². The summed E-state index contributed by atoms with van der Waals surface area (Å²) in [5.41, 5.74) is 5.55. The molecule has 0 atom stereocenters. The third-order valence-electron chi connectivity index (χ3n) is 4.73. The van der Waals surface area contributed by atoms with Crippen LogP contribution >= 0.6 is 0 Å². The Balaban J connectivity index is 1.85. The molecular weight excluding hydrogens is 270 g/mol. The van der Waals surface area contributed by atoms with Gasteiger partial charge in [0.25, 0.3) is 0 Å². The lowest BCUT2D eigenvalue weighted by Gasteiger charge is -2.34. The highest BCUT2D eigenvalue weighted by Crippen LogP contribution is 2.38. The maximum absolute atomic E-state index is 6.48. The van der Waals surface area contributed by atoms with Gasteiger partial charge in [-0.3, -0.25) is 0 Å². The van der Waals surface area contributed by atoms with Crippen molar-refractivity contribution in [3.05, 3.63) is 11.7 Å². The molecule has 2 fully saturated rings. The van der Waals surface area contributed by atoms with E-state index >= 15 is 0 Å². The summed E-state index contributed by atoms with van der Waals surface area (Å²) in [6, 6.07) is 0. The van der Waals surface area contributed by atoms with Crippen LogP contribution in [-0.4, -0.2) is 30.0 Å². The van der Waals surface area contributed by atoms with Crippen LogP contribution in [0.5, 0.6) is 0 Å². The van der Waals surface area contributed by atoms with Crippen molar-refractivity contribution in [3.8, 4) is 0 Å². The molecule has 1 saturated heterocycles. The van der Waals surface area contributed by atoms with Crippen molar-refractivity contribution in [3.63, 3.8) is 0 Å². The molecule has 1 aromatic rings. The molecule has 0 amide bonds. The molecule has 118 valence electrons. The van der Waals surface area contributed by atoms with Crippen molar-refractivity contribution < 1.29 is 14.0 Å². The van der Waals surface area contributed by atoms with Gasteiger partial charge >= 0.3 is 0 Å². The lowest BCUT2D eigenvalue weighted by molar-refractivity contribution is -0.118. The SMILES string of the molecule is CCOC1(c2noc(C3(N)CCCCC3)n2)CCOCC1. The van der Waals surface area contributed by atoms with E-state index in [0.29, 0.717) is 31.5 Å². The predicted molar refractivity (Wildman–Crippen MR) is 76.6 cm³/mol. The van der Waals surface area contributed by atoms with Crippen molar-refractivity contribution in [2.45, 2.75) is 63.0 Å². The molecule has 1 aliphatic heterocycles. The second-order valence-corrected chi connectivity index (χ2v) is 6.18. The van der Waals surface area contributed by atoms with Crippen LogP contribution in [0.15, 0.2) is 4.52 Å². The van der Waals surface area contributed by atoms with Crippen LogP contribution in [0.1, 0.15) is 63.6 Å². The molecule has 2 N–H and O–H groups in total. The first-order chi connectivity index (χ1) is 10.2. The molecule has 21 heavy (non-hydrogen) atoms. The number of nitrogens with zero attached hydrogens (tertiary/aromatic N) is 2. The molecule has 1 aliphatic carbocycles. The maximum Gasteiger partial charge on any atom is 0.246 e. The van der Waals surface area contributed by atoms with E-state index in [0.717, 1.165) is 38.5 Å². The lowest BCUT2D eigenvalue weighted by Crippen LogP contribution is -2.40. The van der Waals surface area contributed by atoms with E-state index in [9.17, 15) is 0 Å². The van der Waals surface area contributed by atoms with Crippen LogP contribution in [0.4, 0.5) is 0 Å². The molecule has 2 heterocycles. The van der Waals surface area contributed by atoms with Gasteiger partial charge in [0, 0.05) is 32.7 Å². The van der Waals surface area contributed by atoms with E-state index in [4.69, 9.17) is 19.7 Å². The molecule has 0 radical (unpaired) electrons. The largest absolute Gasteiger partial charge is 0.381 e. The summed E-state index contributed by atoms with van der Waals surface area (Å²) in [4.78, 5) is 4.64. The van der Waals surface area contributed by atoms with Crippen LogP contribution in [-0.2, 0) is 20.6 Å². The molecular formula is C15H25N3O3. The molecule has 0 unspecified atom stereocenters.